The van der Waals surface area contributed by atoms with E-state index in [0.717, 1.165) is 17.9 Å². The lowest BCUT2D eigenvalue weighted by Crippen LogP contribution is -2.34. The minimum absolute atomic E-state index is 0.267. The second kappa shape index (κ2) is 5.57. The van der Waals surface area contributed by atoms with Gasteiger partial charge in [-0.3, -0.25) is 4.98 Å². The number of fused-ring (bicyclic) bond motifs is 1. The monoisotopic (exact) mass is 276 g/mol. The molecule has 0 amide bonds. The van der Waals surface area contributed by atoms with Crippen LogP contribution in [0, 0.1) is 5.92 Å². The van der Waals surface area contributed by atoms with E-state index < -0.39 is 0 Å². The number of nitrogens with one attached hydrogen (secondary N) is 1. The summed E-state index contributed by atoms with van der Waals surface area (Å²) in [6, 6.07) is 5.02. The van der Waals surface area contributed by atoms with Crippen molar-refractivity contribution in [2.45, 2.75) is 38.3 Å². The molecular weight excluding hydrogens is 256 g/mol. The Balaban J connectivity index is 1.72. The average molecular weight is 276 g/mol. The Morgan fingerprint density at radius 2 is 2.37 bits per heavy atom. The quantitative estimate of drug-likeness (QED) is 0.852. The van der Waals surface area contributed by atoms with Crippen molar-refractivity contribution in [3.63, 3.8) is 0 Å². The van der Waals surface area contributed by atoms with Gasteiger partial charge in [0, 0.05) is 24.9 Å². The molecule has 4 heteroatoms. The van der Waals surface area contributed by atoms with Gasteiger partial charge in [0.2, 0.25) is 0 Å². The molecule has 0 bridgehead atoms. The third-order valence-corrected chi connectivity index (χ3v) is 4.77. The van der Waals surface area contributed by atoms with E-state index in [1.807, 2.05) is 6.20 Å². The van der Waals surface area contributed by atoms with Crippen LogP contribution in [0.5, 0.6) is 0 Å². The Morgan fingerprint density at radius 3 is 3.11 bits per heavy atom. The summed E-state index contributed by atoms with van der Waals surface area (Å²) >= 11 is 1.74. The summed E-state index contributed by atoms with van der Waals surface area (Å²) < 4.78 is 1.25. The minimum Gasteiger partial charge on any atom is -0.396 e. The zero-order valence-corrected chi connectivity index (χ0v) is 12.0. The van der Waals surface area contributed by atoms with E-state index in [0.29, 0.717) is 6.04 Å². The fourth-order valence-electron chi connectivity index (χ4n) is 2.61. The maximum atomic E-state index is 9.16. The molecule has 1 fully saturated rings. The topological polar surface area (TPSA) is 45.1 Å². The lowest BCUT2D eigenvalue weighted by atomic mass is 10.1. The zero-order chi connectivity index (χ0) is 13.2. The first-order valence-corrected chi connectivity index (χ1v) is 7.86. The molecule has 2 N–H and O–H groups in total. The molecule has 2 unspecified atom stereocenters. The summed E-state index contributed by atoms with van der Waals surface area (Å²) in [5.41, 5.74) is 2.31. The highest BCUT2D eigenvalue weighted by Crippen LogP contribution is 2.35. The highest BCUT2D eigenvalue weighted by molar-refractivity contribution is 7.17. The van der Waals surface area contributed by atoms with E-state index in [4.69, 9.17) is 5.11 Å². The highest BCUT2D eigenvalue weighted by atomic mass is 32.1. The number of thiophene rings is 1. The number of aliphatic hydroxyl groups excluding tert-OH is 1. The SMILES string of the molecule is CC(NC(CCO)C1CC1)c1cnc2ccsc2c1. The highest BCUT2D eigenvalue weighted by Gasteiger charge is 2.31. The van der Waals surface area contributed by atoms with Gasteiger partial charge in [0.1, 0.15) is 0 Å². The molecule has 2 aromatic rings. The van der Waals surface area contributed by atoms with Crippen LogP contribution in [0.15, 0.2) is 23.7 Å². The Morgan fingerprint density at radius 1 is 1.53 bits per heavy atom. The molecule has 0 radical (unpaired) electrons. The van der Waals surface area contributed by atoms with Crippen molar-refractivity contribution in [3.8, 4) is 0 Å². The third-order valence-electron chi connectivity index (χ3n) is 3.92. The van der Waals surface area contributed by atoms with Crippen molar-refractivity contribution in [1.82, 2.24) is 10.3 Å². The molecule has 102 valence electrons. The van der Waals surface area contributed by atoms with Gasteiger partial charge < -0.3 is 10.4 Å². The van der Waals surface area contributed by atoms with Crippen LogP contribution < -0.4 is 5.32 Å². The number of aromatic nitrogens is 1. The van der Waals surface area contributed by atoms with Crippen LogP contribution in [0.3, 0.4) is 0 Å². The molecule has 2 heterocycles. The normalized spacial score (nSPS) is 18.6. The molecule has 2 atom stereocenters. The molecule has 3 rings (SSSR count). The van der Waals surface area contributed by atoms with E-state index in [1.54, 1.807) is 11.3 Å². The number of rotatable bonds is 6. The predicted molar refractivity (Wildman–Crippen MR) is 79.4 cm³/mol. The van der Waals surface area contributed by atoms with Crippen molar-refractivity contribution < 1.29 is 5.11 Å². The lowest BCUT2D eigenvalue weighted by Gasteiger charge is -2.22. The number of nitrogens with zero attached hydrogens (tertiary/aromatic N) is 1. The number of hydrogen-bond acceptors (Lipinski definition) is 4. The van der Waals surface area contributed by atoms with Crippen molar-refractivity contribution in [3.05, 3.63) is 29.3 Å². The van der Waals surface area contributed by atoms with Crippen molar-refractivity contribution >= 4 is 21.6 Å². The van der Waals surface area contributed by atoms with Gasteiger partial charge in [-0.2, -0.15) is 0 Å². The molecular formula is C15H20N2OS. The molecule has 1 aliphatic carbocycles. The van der Waals surface area contributed by atoms with Gasteiger partial charge in [0.05, 0.1) is 10.2 Å². The molecule has 0 spiro atoms. The molecule has 2 aromatic heterocycles. The first kappa shape index (κ1) is 13.0. The zero-order valence-electron chi connectivity index (χ0n) is 11.2. The van der Waals surface area contributed by atoms with Crippen LogP contribution in [0.4, 0.5) is 0 Å². The number of pyridine rings is 1. The molecule has 1 aliphatic rings. The van der Waals surface area contributed by atoms with Gasteiger partial charge in [-0.15, -0.1) is 11.3 Å². The van der Waals surface area contributed by atoms with Crippen LogP contribution >= 0.6 is 11.3 Å². The van der Waals surface area contributed by atoms with Gasteiger partial charge in [-0.1, -0.05) is 0 Å². The molecule has 19 heavy (non-hydrogen) atoms. The molecule has 3 nitrogen and oxygen atoms in total. The predicted octanol–water partition coefficient (Wildman–Crippen LogP) is 3.11. The van der Waals surface area contributed by atoms with Gasteiger partial charge in [-0.05, 0) is 55.2 Å². The van der Waals surface area contributed by atoms with Gasteiger partial charge in [-0.25, -0.2) is 0 Å². The number of hydrogen-bond donors (Lipinski definition) is 2. The standard InChI is InChI=1S/C15H20N2OS/c1-10(17-13(4-6-18)11-2-3-11)12-8-15-14(16-9-12)5-7-19-15/h5,7-11,13,17-18H,2-4,6H2,1H3. The first-order chi connectivity index (χ1) is 9.28. The Kier molecular flexibility index (Phi) is 3.82. The van der Waals surface area contributed by atoms with Gasteiger partial charge in [0.15, 0.2) is 0 Å². The average Bonchev–Trinajstić information content (AvgIpc) is 3.15. The Hall–Kier alpha value is -0.970. The minimum atomic E-state index is 0.267. The van der Waals surface area contributed by atoms with Crippen LogP contribution in [-0.4, -0.2) is 22.7 Å². The summed E-state index contributed by atoms with van der Waals surface area (Å²) in [7, 11) is 0. The Labute approximate surface area is 117 Å². The third kappa shape index (κ3) is 2.96. The van der Waals surface area contributed by atoms with Crippen LogP contribution in [0.1, 0.15) is 37.8 Å². The largest absolute Gasteiger partial charge is 0.396 e. The van der Waals surface area contributed by atoms with Gasteiger partial charge in [0.25, 0.3) is 0 Å². The molecule has 1 saturated carbocycles. The first-order valence-electron chi connectivity index (χ1n) is 6.98. The van der Waals surface area contributed by atoms with Crippen molar-refractivity contribution in [2.24, 2.45) is 5.92 Å². The van der Waals surface area contributed by atoms with E-state index >= 15 is 0 Å². The Bertz CT molecular complexity index is 550. The fraction of sp³-hybridized carbons (Fsp3) is 0.533. The summed E-state index contributed by atoms with van der Waals surface area (Å²) in [5, 5.41) is 14.9. The second-order valence-corrected chi connectivity index (χ2v) is 6.36. The fourth-order valence-corrected chi connectivity index (χ4v) is 3.40. The smallest absolute Gasteiger partial charge is 0.0809 e. The van der Waals surface area contributed by atoms with E-state index in [2.05, 4.69) is 34.7 Å². The van der Waals surface area contributed by atoms with Crippen LogP contribution in [0.2, 0.25) is 0 Å². The molecule has 0 saturated heterocycles. The summed E-state index contributed by atoms with van der Waals surface area (Å²) in [6.45, 7) is 2.45. The van der Waals surface area contributed by atoms with Crippen LogP contribution in [-0.2, 0) is 0 Å². The van der Waals surface area contributed by atoms with Crippen molar-refractivity contribution in [2.75, 3.05) is 6.61 Å². The lowest BCUT2D eigenvalue weighted by molar-refractivity contribution is 0.250. The van der Waals surface area contributed by atoms with Crippen LogP contribution in [0.25, 0.3) is 10.2 Å². The summed E-state index contributed by atoms with van der Waals surface area (Å²) in [5.74, 6) is 0.757. The number of aliphatic hydroxyl groups is 1. The maximum absolute atomic E-state index is 9.16. The summed E-state index contributed by atoms with van der Waals surface area (Å²) in [6.07, 6.45) is 5.42. The maximum Gasteiger partial charge on any atom is 0.0809 e. The molecule has 0 aliphatic heterocycles. The van der Waals surface area contributed by atoms with E-state index in [-0.39, 0.29) is 12.6 Å². The van der Waals surface area contributed by atoms with Gasteiger partial charge >= 0.3 is 0 Å². The van der Waals surface area contributed by atoms with E-state index in [9.17, 15) is 0 Å². The molecule has 0 aromatic carbocycles. The van der Waals surface area contributed by atoms with E-state index in [1.165, 1.54) is 23.1 Å². The van der Waals surface area contributed by atoms with Crippen molar-refractivity contribution in [1.29, 1.82) is 0 Å². The summed E-state index contributed by atoms with van der Waals surface area (Å²) in [4.78, 5) is 4.50. The second-order valence-electron chi connectivity index (χ2n) is 5.42.